The van der Waals surface area contributed by atoms with Crippen molar-refractivity contribution >= 4 is 22.8 Å². The molecule has 0 aliphatic heterocycles. The summed E-state index contributed by atoms with van der Waals surface area (Å²) in [5.74, 6) is -3.43. The molecule has 0 saturated heterocycles. The van der Waals surface area contributed by atoms with Crippen LogP contribution in [-0.4, -0.2) is 31.3 Å². The Kier molecular flexibility index (Phi) is 6.48. The first kappa shape index (κ1) is 24.5. The number of aromatic nitrogens is 4. The first-order valence-electron chi connectivity index (χ1n) is 11.4. The van der Waals surface area contributed by atoms with E-state index < -0.39 is 29.0 Å². The van der Waals surface area contributed by atoms with Crippen LogP contribution in [0, 0.1) is 11.6 Å². The molecule has 2 amide bonds. The van der Waals surface area contributed by atoms with Gasteiger partial charge in [-0.25, -0.2) is 18.7 Å². The molecule has 0 aliphatic carbocycles. The van der Waals surface area contributed by atoms with E-state index in [1.165, 1.54) is 29.0 Å². The highest BCUT2D eigenvalue weighted by Crippen LogP contribution is 2.28. The number of aromatic amines is 1. The molecule has 190 valence electrons. The van der Waals surface area contributed by atoms with Crippen molar-refractivity contribution in [1.29, 1.82) is 0 Å². The average Bonchev–Trinajstić information content (AvgIpc) is 3.35. The van der Waals surface area contributed by atoms with E-state index in [1.807, 2.05) is 6.07 Å². The van der Waals surface area contributed by atoms with Crippen LogP contribution in [-0.2, 0) is 13.1 Å². The van der Waals surface area contributed by atoms with Crippen molar-refractivity contribution in [3.63, 3.8) is 0 Å². The monoisotopic (exact) mass is 514 g/mol. The SMILES string of the molecule is NC(=O)c1cc(-c2c[nH]c3ncccc23)cc(CNC(=O)c2cccn(Cc3ccc(F)c(F)c3)c2=O)n1. The minimum Gasteiger partial charge on any atom is -0.364 e. The molecule has 0 spiro atoms. The smallest absolute Gasteiger partial charge is 0.267 e. The summed E-state index contributed by atoms with van der Waals surface area (Å²) in [7, 11) is 0. The van der Waals surface area contributed by atoms with E-state index in [0.29, 0.717) is 22.5 Å². The number of carbonyl (C=O) groups is 2. The zero-order valence-corrected chi connectivity index (χ0v) is 19.7. The lowest BCUT2D eigenvalue weighted by Gasteiger charge is -2.10. The highest BCUT2D eigenvalue weighted by molar-refractivity contribution is 5.97. The summed E-state index contributed by atoms with van der Waals surface area (Å²) >= 11 is 0. The number of halogens is 2. The van der Waals surface area contributed by atoms with Gasteiger partial charge in [0.25, 0.3) is 17.4 Å². The molecule has 4 heterocycles. The van der Waals surface area contributed by atoms with Gasteiger partial charge in [-0.15, -0.1) is 0 Å². The average molecular weight is 514 g/mol. The molecule has 11 heteroatoms. The van der Waals surface area contributed by atoms with Crippen LogP contribution in [0.1, 0.15) is 32.1 Å². The standard InChI is InChI=1S/C27H20F2N6O3/c28-21-6-5-15(9-22(21)29)14-35-8-2-4-19(27(35)38)26(37)33-12-17-10-16(11-23(34-17)24(30)36)20-13-32-25-18(20)3-1-7-31-25/h1-11,13H,12,14H2,(H2,30,36)(H,31,32)(H,33,37). The predicted octanol–water partition coefficient (Wildman–Crippen LogP) is 3.14. The molecule has 0 radical (unpaired) electrons. The number of nitrogens with zero attached hydrogens (tertiary/aromatic N) is 3. The van der Waals surface area contributed by atoms with Crippen molar-refractivity contribution < 1.29 is 18.4 Å². The van der Waals surface area contributed by atoms with Gasteiger partial charge in [0, 0.05) is 29.5 Å². The molecule has 4 N–H and O–H groups in total. The Labute approximate surface area is 214 Å². The quantitative estimate of drug-likeness (QED) is 0.307. The van der Waals surface area contributed by atoms with Gasteiger partial charge in [-0.2, -0.15) is 0 Å². The number of carbonyl (C=O) groups excluding carboxylic acids is 2. The van der Waals surface area contributed by atoms with E-state index in [4.69, 9.17) is 5.73 Å². The minimum atomic E-state index is -1.03. The number of primary amides is 1. The van der Waals surface area contributed by atoms with E-state index in [0.717, 1.165) is 23.1 Å². The maximum atomic E-state index is 13.6. The van der Waals surface area contributed by atoms with Crippen LogP contribution >= 0.6 is 0 Å². The summed E-state index contributed by atoms with van der Waals surface area (Å²) in [5.41, 5.74) is 7.52. The van der Waals surface area contributed by atoms with Crippen LogP contribution in [0.15, 0.2) is 78.0 Å². The zero-order valence-electron chi connectivity index (χ0n) is 19.7. The van der Waals surface area contributed by atoms with Gasteiger partial charge in [0.15, 0.2) is 11.6 Å². The molecule has 0 saturated carbocycles. The second-order valence-electron chi connectivity index (χ2n) is 8.48. The fraction of sp³-hybridized carbons (Fsp3) is 0.0741. The topological polar surface area (TPSA) is 136 Å². The predicted molar refractivity (Wildman–Crippen MR) is 135 cm³/mol. The molecule has 5 aromatic rings. The third-order valence-corrected chi connectivity index (χ3v) is 5.92. The molecule has 0 bridgehead atoms. The van der Waals surface area contributed by atoms with Gasteiger partial charge in [-0.05, 0) is 59.7 Å². The van der Waals surface area contributed by atoms with E-state index in [2.05, 4.69) is 20.3 Å². The van der Waals surface area contributed by atoms with E-state index in [9.17, 15) is 23.2 Å². The zero-order chi connectivity index (χ0) is 26.8. The highest BCUT2D eigenvalue weighted by Gasteiger charge is 2.16. The normalized spacial score (nSPS) is 11.0. The third-order valence-electron chi connectivity index (χ3n) is 5.92. The number of hydrogen-bond acceptors (Lipinski definition) is 5. The fourth-order valence-corrected chi connectivity index (χ4v) is 4.09. The second kappa shape index (κ2) is 10.1. The summed E-state index contributed by atoms with van der Waals surface area (Å²) in [5, 5.41) is 3.47. The molecule has 0 atom stereocenters. The van der Waals surface area contributed by atoms with E-state index >= 15 is 0 Å². The Morgan fingerprint density at radius 2 is 1.89 bits per heavy atom. The number of fused-ring (bicyclic) bond motifs is 1. The lowest BCUT2D eigenvalue weighted by molar-refractivity contribution is 0.0948. The van der Waals surface area contributed by atoms with Gasteiger partial charge in [0.2, 0.25) is 0 Å². The van der Waals surface area contributed by atoms with Crippen LogP contribution in [0.5, 0.6) is 0 Å². The Morgan fingerprint density at radius 3 is 2.68 bits per heavy atom. The Bertz CT molecular complexity index is 1760. The van der Waals surface area contributed by atoms with Crippen LogP contribution in [0.3, 0.4) is 0 Å². The lowest BCUT2D eigenvalue weighted by Crippen LogP contribution is -2.33. The van der Waals surface area contributed by atoms with Crippen molar-refractivity contribution in [2.45, 2.75) is 13.1 Å². The van der Waals surface area contributed by atoms with Crippen molar-refractivity contribution in [1.82, 2.24) is 24.8 Å². The van der Waals surface area contributed by atoms with Gasteiger partial charge in [0.05, 0.1) is 18.8 Å². The van der Waals surface area contributed by atoms with Gasteiger partial charge in [0.1, 0.15) is 16.9 Å². The Morgan fingerprint density at radius 1 is 1.05 bits per heavy atom. The van der Waals surface area contributed by atoms with E-state index in [1.54, 1.807) is 30.6 Å². The largest absolute Gasteiger partial charge is 0.364 e. The first-order chi connectivity index (χ1) is 18.3. The number of hydrogen-bond donors (Lipinski definition) is 3. The highest BCUT2D eigenvalue weighted by atomic mass is 19.2. The van der Waals surface area contributed by atoms with E-state index in [-0.39, 0.29) is 24.3 Å². The molecule has 4 aromatic heterocycles. The van der Waals surface area contributed by atoms with Crippen LogP contribution < -0.4 is 16.6 Å². The maximum Gasteiger partial charge on any atom is 0.267 e. The number of pyridine rings is 3. The Hall–Kier alpha value is -5.19. The molecule has 0 unspecified atom stereocenters. The van der Waals surface area contributed by atoms with Crippen LogP contribution in [0.2, 0.25) is 0 Å². The van der Waals surface area contributed by atoms with Crippen molar-refractivity contribution in [2.24, 2.45) is 5.73 Å². The summed E-state index contributed by atoms with van der Waals surface area (Å²) in [6.07, 6.45) is 4.85. The Balaban J connectivity index is 1.38. The van der Waals surface area contributed by atoms with Gasteiger partial charge in [-0.3, -0.25) is 14.4 Å². The molecule has 5 rings (SSSR count). The van der Waals surface area contributed by atoms with Crippen molar-refractivity contribution in [3.8, 4) is 11.1 Å². The minimum absolute atomic E-state index is 0.0126. The number of rotatable bonds is 7. The summed E-state index contributed by atoms with van der Waals surface area (Å²) < 4.78 is 28.0. The maximum absolute atomic E-state index is 13.6. The summed E-state index contributed by atoms with van der Waals surface area (Å²) in [4.78, 5) is 49.3. The molecule has 0 aliphatic rings. The number of H-pyrrole nitrogens is 1. The van der Waals surface area contributed by atoms with Crippen molar-refractivity contribution in [3.05, 3.63) is 118 Å². The number of amides is 2. The van der Waals surface area contributed by atoms with Gasteiger partial charge in [-0.1, -0.05) is 6.07 Å². The molecular weight excluding hydrogens is 494 g/mol. The number of nitrogens with two attached hydrogens (primary N) is 1. The number of nitrogens with one attached hydrogen (secondary N) is 2. The van der Waals surface area contributed by atoms with Crippen LogP contribution in [0.25, 0.3) is 22.2 Å². The van der Waals surface area contributed by atoms with Gasteiger partial charge < -0.3 is 20.6 Å². The molecule has 1 aromatic carbocycles. The first-order valence-corrected chi connectivity index (χ1v) is 11.4. The molecule has 0 fully saturated rings. The van der Waals surface area contributed by atoms with Crippen molar-refractivity contribution in [2.75, 3.05) is 0 Å². The number of benzene rings is 1. The van der Waals surface area contributed by atoms with Crippen LogP contribution in [0.4, 0.5) is 8.78 Å². The summed E-state index contributed by atoms with van der Waals surface area (Å²) in [6, 6.07) is 13.1. The third kappa shape index (κ3) is 4.89. The molecular formula is C27H20F2N6O3. The molecule has 9 nitrogen and oxygen atoms in total. The second-order valence-corrected chi connectivity index (χ2v) is 8.48. The lowest BCUT2D eigenvalue weighted by atomic mass is 10.0. The van der Waals surface area contributed by atoms with Gasteiger partial charge >= 0.3 is 0 Å². The summed E-state index contributed by atoms with van der Waals surface area (Å²) in [6.45, 7) is -0.146. The fourth-order valence-electron chi connectivity index (χ4n) is 4.09. The molecule has 38 heavy (non-hydrogen) atoms.